The molecule has 0 amide bonds. The summed E-state index contributed by atoms with van der Waals surface area (Å²) in [4.78, 5) is 2.59. The lowest BCUT2D eigenvalue weighted by Gasteiger charge is -2.37. The molecule has 146 valence electrons. The number of hydrogen-bond acceptors (Lipinski definition) is 2. The van der Waals surface area contributed by atoms with E-state index in [1.165, 1.54) is 48.9 Å². The van der Waals surface area contributed by atoms with Crippen LogP contribution in [0.3, 0.4) is 0 Å². The van der Waals surface area contributed by atoms with Gasteiger partial charge in [0.1, 0.15) is 5.75 Å². The van der Waals surface area contributed by atoms with Gasteiger partial charge in [-0.25, -0.2) is 0 Å². The fourth-order valence-electron chi connectivity index (χ4n) is 4.32. The van der Waals surface area contributed by atoms with Gasteiger partial charge in [-0.3, -0.25) is 0 Å². The molecule has 1 aliphatic rings. The van der Waals surface area contributed by atoms with Crippen molar-refractivity contribution < 1.29 is 5.11 Å². The van der Waals surface area contributed by atoms with Gasteiger partial charge in [-0.1, -0.05) is 52.8 Å². The van der Waals surface area contributed by atoms with Crippen LogP contribution in [0.4, 0.5) is 5.69 Å². The Morgan fingerprint density at radius 2 is 1.70 bits per heavy atom. The van der Waals surface area contributed by atoms with Gasteiger partial charge < -0.3 is 10.0 Å². The number of aromatic hydroxyl groups is 1. The van der Waals surface area contributed by atoms with Crippen LogP contribution in [-0.2, 0) is 5.16 Å². The first-order valence-electron chi connectivity index (χ1n) is 10.4. The molecule has 0 aliphatic carbocycles. The first kappa shape index (κ1) is 20.2. The molecule has 0 radical (unpaired) electrons. The first-order chi connectivity index (χ1) is 13.0. The molecule has 1 aliphatic heterocycles. The topological polar surface area (TPSA) is 23.5 Å². The van der Waals surface area contributed by atoms with Crippen LogP contribution >= 0.6 is 8.58 Å². The Bertz CT molecular complexity index is 776. The number of rotatable bonds is 6. The molecule has 1 unspecified atom stereocenters. The van der Waals surface area contributed by atoms with Crippen LogP contribution in [0, 0.1) is 13.8 Å². The molecule has 1 atom stereocenters. The summed E-state index contributed by atoms with van der Waals surface area (Å²) in [6.07, 6.45) is 6.01. The van der Waals surface area contributed by atoms with Crippen LogP contribution in [0.2, 0.25) is 0 Å². The van der Waals surface area contributed by atoms with Crippen LogP contribution in [0.1, 0.15) is 62.6 Å². The number of para-hydroxylation sites is 1. The predicted octanol–water partition coefficient (Wildman–Crippen LogP) is 6.02. The zero-order chi connectivity index (χ0) is 19.4. The standard InChI is InChI=1S/C24H34NOP/c1-5-24(6-2,20-12-10-11-19(4)23(20)26)27-22-14-13-18(3)17-21(22)25-15-8-7-9-16-25/h10-14,17,26-27H,5-9,15-16H2,1-4H3. The number of anilines is 1. The average molecular weight is 384 g/mol. The Morgan fingerprint density at radius 3 is 2.37 bits per heavy atom. The van der Waals surface area contributed by atoms with E-state index in [1.807, 2.05) is 13.0 Å². The Morgan fingerprint density at radius 1 is 1.00 bits per heavy atom. The molecule has 0 bridgehead atoms. The molecule has 1 saturated heterocycles. The maximum absolute atomic E-state index is 10.8. The molecule has 3 heteroatoms. The number of piperidine rings is 1. The van der Waals surface area contributed by atoms with Gasteiger partial charge in [0.25, 0.3) is 0 Å². The Kier molecular flexibility index (Phi) is 6.48. The molecule has 0 aromatic heterocycles. The summed E-state index contributed by atoms with van der Waals surface area (Å²) in [5.74, 6) is 0.486. The lowest BCUT2D eigenvalue weighted by atomic mass is 9.90. The second kappa shape index (κ2) is 8.65. The lowest BCUT2D eigenvalue weighted by Crippen LogP contribution is -2.33. The number of hydrogen-bond donors (Lipinski definition) is 1. The summed E-state index contributed by atoms with van der Waals surface area (Å²) in [5.41, 5.74) is 4.85. The zero-order valence-electron chi connectivity index (χ0n) is 17.3. The lowest BCUT2D eigenvalue weighted by molar-refractivity contribution is 0.444. The van der Waals surface area contributed by atoms with Crippen molar-refractivity contribution in [1.82, 2.24) is 0 Å². The van der Waals surface area contributed by atoms with E-state index in [1.54, 1.807) is 0 Å². The minimum atomic E-state index is -0.00407. The maximum Gasteiger partial charge on any atom is 0.122 e. The van der Waals surface area contributed by atoms with Gasteiger partial charge in [0, 0.05) is 29.5 Å². The molecule has 2 aromatic rings. The Labute approximate surface area is 166 Å². The third-order valence-corrected chi connectivity index (χ3v) is 8.33. The van der Waals surface area contributed by atoms with Crippen molar-refractivity contribution in [1.29, 1.82) is 0 Å². The largest absolute Gasteiger partial charge is 0.507 e. The molecule has 1 fully saturated rings. The van der Waals surface area contributed by atoms with Crippen molar-refractivity contribution in [3.8, 4) is 5.75 Å². The molecule has 27 heavy (non-hydrogen) atoms. The highest BCUT2D eigenvalue weighted by atomic mass is 31.1. The van der Waals surface area contributed by atoms with Gasteiger partial charge in [-0.2, -0.15) is 0 Å². The van der Waals surface area contributed by atoms with Crippen LogP contribution in [0.25, 0.3) is 0 Å². The Hall–Kier alpha value is -1.53. The molecule has 0 saturated carbocycles. The second-order valence-electron chi connectivity index (χ2n) is 7.95. The van der Waals surface area contributed by atoms with E-state index in [0.29, 0.717) is 14.3 Å². The molecule has 1 heterocycles. The maximum atomic E-state index is 10.8. The molecule has 3 rings (SSSR count). The van der Waals surface area contributed by atoms with Crippen molar-refractivity contribution in [2.24, 2.45) is 0 Å². The average Bonchev–Trinajstić information content (AvgIpc) is 2.70. The van der Waals surface area contributed by atoms with E-state index in [4.69, 9.17) is 0 Å². The number of phenolic OH excluding ortho intramolecular Hbond substituents is 1. The van der Waals surface area contributed by atoms with E-state index in [2.05, 4.69) is 56.0 Å². The van der Waals surface area contributed by atoms with Crippen LogP contribution < -0.4 is 10.2 Å². The summed E-state index contributed by atoms with van der Waals surface area (Å²) < 4.78 is 0. The number of phenols is 1. The van der Waals surface area contributed by atoms with Crippen molar-refractivity contribution in [2.45, 2.75) is 65.0 Å². The highest BCUT2D eigenvalue weighted by molar-refractivity contribution is 7.49. The quantitative estimate of drug-likeness (QED) is 0.617. The summed E-state index contributed by atoms with van der Waals surface area (Å²) >= 11 is 0. The summed E-state index contributed by atoms with van der Waals surface area (Å²) in [7, 11) is 0.654. The van der Waals surface area contributed by atoms with Crippen LogP contribution in [0.5, 0.6) is 5.75 Å². The highest BCUT2D eigenvalue weighted by Crippen LogP contribution is 2.51. The van der Waals surface area contributed by atoms with Crippen LogP contribution in [0.15, 0.2) is 36.4 Å². The summed E-state index contributed by atoms with van der Waals surface area (Å²) in [6, 6.07) is 13.2. The second-order valence-corrected chi connectivity index (χ2v) is 9.70. The van der Waals surface area contributed by atoms with E-state index in [0.717, 1.165) is 24.0 Å². The van der Waals surface area contributed by atoms with Gasteiger partial charge in [0.2, 0.25) is 0 Å². The molecule has 0 spiro atoms. The third-order valence-electron chi connectivity index (χ3n) is 6.18. The van der Waals surface area contributed by atoms with E-state index >= 15 is 0 Å². The first-order valence-corrected chi connectivity index (χ1v) is 11.4. The molecule has 2 aromatic carbocycles. The molecular formula is C24H34NOP. The SMILES string of the molecule is CCC(CC)(Pc1ccc(C)cc1N1CCCCC1)c1cccc(C)c1O. The van der Waals surface area contributed by atoms with Gasteiger partial charge in [-0.15, -0.1) is 0 Å². The van der Waals surface area contributed by atoms with Crippen molar-refractivity contribution in [2.75, 3.05) is 18.0 Å². The highest BCUT2D eigenvalue weighted by Gasteiger charge is 2.33. The van der Waals surface area contributed by atoms with E-state index < -0.39 is 0 Å². The smallest absolute Gasteiger partial charge is 0.122 e. The van der Waals surface area contributed by atoms with Crippen molar-refractivity contribution in [3.05, 3.63) is 53.1 Å². The van der Waals surface area contributed by atoms with Crippen molar-refractivity contribution >= 4 is 19.6 Å². The summed E-state index contributed by atoms with van der Waals surface area (Å²) in [6.45, 7) is 11.1. The molecule has 1 N–H and O–H groups in total. The zero-order valence-corrected chi connectivity index (χ0v) is 18.3. The fourth-order valence-corrected chi connectivity index (χ4v) is 6.05. The normalized spacial score (nSPS) is 15.6. The third kappa shape index (κ3) is 4.16. The van der Waals surface area contributed by atoms with Crippen LogP contribution in [-0.4, -0.2) is 18.2 Å². The minimum absolute atomic E-state index is 0.00407. The van der Waals surface area contributed by atoms with E-state index in [-0.39, 0.29) is 5.16 Å². The van der Waals surface area contributed by atoms with Gasteiger partial charge in [-0.05, 0) is 68.4 Å². The van der Waals surface area contributed by atoms with Crippen molar-refractivity contribution in [3.63, 3.8) is 0 Å². The predicted molar refractivity (Wildman–Crippen MR) is 120 cm³/mol. The monoisotopic (exact) mass is 383 g/mol. The van der Waals surface area contributed by atoms with Gasteiger partial charge >= 0.3 is 0 Å². The van der Waals surface area contributed by atoms with Gasteiger partial charge in [0.15, 0.2) is 0 Å². The number of nitrogens with zero attached hydrogens (tertiary/aromatic N) is 1. The fraction of sp³-hybridized carbons (Fsp3) is 0.500. The Balaban J connectivity index is 2.03. The number of benzene rings is 2. The minimum Gasteiger partial charge on any atom is -0.507 e. The van der Waals surface area contributed by atoms with Gasteiger partial charge in [0.05, 0.1) is 0 Å². The number of aryl methyl sites for hydroxylation is 2. The van der Waals surface area contributed by atoms with E-state index in [9.17, 15) is 5.11 Å². The summed E-state index contributed by atoms with van der Waals surface area (Å²) in [5, 5.41) is 12.3. The molecule has 2 nitrogen and oxygen atoms in total. The molecular weight excluding hydrogens is 349 g/mol.